The zero-order valence-corrected chi connectivity index (χ0v) is 13.4. The molecule has 22 heavy (non-hydrogen) atoms. The predicted octanol–water partition coefficient (Wildman–Crippen LogP) is 2.00. The maximum absolute atomic E-state index is 12.2. The summed E-state index contributed by atoms with van der Waals surface area (Å²) < 4.78 is 15.3. The number of benzene rings is 1. The number of ether oxygens (including phenoxy) is 3. The molecule has 0 radical (unpaired) electrons. The van der Waals surface area contributed by atoms with E-state index in [1.807, 2.05) is 0 Å². The average molecular weight is 323 g/mol. The highest BCUT2D eigenvalue weighted by Crippen LogP contribution is 2.28. The van der Waals surface area contributed by atoms with Crippen LogP contribution in [0.1, 0.15) is 15.4 Å². The summed E-state index contributed by atoms with van der Waals surface area (Å²) in [6.07, 6.45) is 0.667. The van der Waals surface area contributed by atoms with Crippen molar-refractivity contribution in [1.82, 2.24) is 10.2 Å². The molecule has 0 bridgehead atoms. The van der Waals surface area contributed by atoms with E-state index >= 15 is 0 Å². The zero-order valence-electron chi connectivity index (χ0n) is 12.6. The van der Waals surface area contributed by atoms with Gasteiger partial charge >= 0.3 is 0 Å². The van der Waals surface area contributed by atoms with Gasteiger partial charge in [-0.25, -0.2) is 0 Å². The summed E-state index contributed by atoms with van der Waals surface area (Å²) in [6.45, 7) is 0.568. The Morgan fingerprint density at radius 2 is 1.95 bits per heavy atom. The molecule has 1 N–H and O–H groups in total. The van der Waals surface area contributed by atoms with Gasteiger partial charge in [0, 0.05) is 19.1 Å². The smallest absolute Gasteiger partial charge is 0.257 e. The molecule has 1 amide bonds. The number of anilines is 1. The summed E-state index contributed by atoms with van der Waals surface area (Å²) in [5.41, 5.74) is 0.450. The highest BCUT2D eigenvalue weighted by Gasteiger charge is 2.13. The highest BCUT2D eigenvalue weighted by molar-refractivity contribution is 7.15. The molecule has 0 saturated carbocycles. The molecule has 0 saturated heterocycles. The Labute approximate surface area is 132 Å². The largest absolute Gasteiger partial charge is 0.493 e. The van der Waals surface area contributed by atoms with Crippen LogP contribution in [0.25, 0.3) is 0 Å². The first-order chi connectivity index (χ1) is 10.7. The van der Waals surface area contributed by atoms with Gasteiger partial charge in [-0.05, 0) is 18.2 Å². The van der Waals surface area contributed by atoms with Crippen molar-refractivity contribution in [2.24, 2.45) is 0 Å². The first-order valence-electron chi connectivity index (χ1n) is 6.52. The Kier molecular flexibility index (Phi) is 5.68. The fourth-order valence-electron chi connectivity index (χ4n) is 1.74. The van der Waals surface area contributed by atoms with Gasteiger partial charge in [0.05, 0.1) is 20.8 Å². The molecule has 0 unspecified atom stereocenters. The van der Waals surface area contributed by atoms with Crippen molar-refractivity contribution in [3.05, 3.63) is 28.8 Å². The number of amides is 1. The van der Waals surface area contributed by atoms with E-state index in [0.717, 1.165) is 5.01 Å². The summed E-state index contributed by atoms with van der Waals surface area (Å²) >= 11 is 1.32. The van der Waals surface area contributed by atoms with Crippen molar-refractivity contribution >= 4 is 22.4 Å². The molecule has 8 heteroatoms. The Morgan fingerprint density at radius 1 is 1.18 bits per heavy atom. The lowest BCUT2D eigenvalue weighted by molar-refractivity contribution is 0.102. The molecule has 0 atom stereocenters. The van der Waals surface area contributed by atoms with Gasteiger partial charge in [0.15, 0.2) is 11.5 Å². The molecule has 0 aliphatic heterocycles. The first-order valence-corrected chi connectivity index (χ1v) is 7.34. The van der Waals surface area contributed by atoms with Gasteiger partial charge in [0.1, 0.15) is 5.01 Å². The lowest BCUT2D eigenvalue weighted by Gasteiger charge is -2.08. The van der Waals surface area contributed by atoms with E-state index < -0.39 is 0 Å². The number of hydrogen-bond donors (Lipinski definition) is 1. The molecule has 0 spiro atoms. The van der Waals surface area contributed by atoms with E-state index in [0.29, 0.717) is 35.2 Å². The van der Waals surface area contributed by atoms with E-state index in [-0.39, 0.29) is 5.91 Å². The Balaban J connectivity index is 2.07. The SMILES string of the molecule is COCCc1nnc(NC(=O)c2ccc(OC)c(OC)c2)s1. The highest BCUT2D eigenvalue weighted by atomic mass is 32.1. The standard InChI is InChI=1S/C14H17N3O4S/c1-19-7-6-12-16-17-14(22-12)15-13(18)9-4-5-10(20-2)11(8-9)21-3/h4-5,8H,6-7H2,1-3H3,(H,15,17,18). The minimum absolute atomic E-state index is 0.282. The Morgan fingerprint density at radius 3 is 2.64 bits per heavy atom. The fourth-order valence-corrected chi connectivity index (χ4v) is 2.46. The van der Waals surface area contributed by atoms with Gasteiger partial charge in [-0.3, -0.25) is 10.1 Å². The van der Waals surface area contributed by atoms with Gasteiger partial charge in [0.2, 0.25) is 5.13 Å². The molecular formula is C14H17N3O4S. The third-order valence-corrected chi connectivity index (χ3v) is 3.75. The number of methoxy groups -OCH3 is 3. The van der Waals surface area contributed by atoms with Gasteiger partial charge in [-0.15, -0.1) is 10.2 Å². The summed E-state index contributed by atoms with van der Waals surface area (Å²) in [5, 5.41) is 11.9. The molecule has 1 aromatic heterocycles. The fraction of sp³-hybridized carbons (Fsp3) is 0.357. The number of aromatic nitrogens is 2. The van der Waals surface area contributed by atoms with Crippen molar-refractivity contribution in [1.29, 1.82) is 0 Å². The normalized spacial score (nSPS) is 10.3. The van der Waals surface area contributed by atoms with E-state index in [1.54, 1.807) is 32.4 Å². The van der Waals surface area contributed by atoms with E-state index in [9.17, 15) is 4.79 Å². The quantitative estimate of drug-likeness (QED) is 0.839. The van der Waals surface area contributed by atoms with Crippen LogP contribution in [-0.2, 0) is 11.2 Å². The van der Waals surface area contributed by atoms with Crippen molar-refractivity contribution < 1.29 is 19.0 Å². The van der Waals surface area contributed by atoms with Gasteiger partial charge in [0.25, 0.3) is 5.91 Å². The van der Waals surface area contributed by atoms with E-state index in [1.165, 1.54) is 18.4 Å². The van der Waals surface area contributed by atoms with Crippen LogP contribution < -0.4 is 14.8 Å². The number of rotatable bonds is 7. The number of hydrogen-bond acceptors (Lipinski definition) is 7. The summed E-state index contributed by atoms with van der Waals surface area (Å²) in [5.74, 6) is 0.778. The molecule has 2 aromatic rings. The summed E-state index contributed by atoms with van der Waals surface area (Å²) in [4.78, 5) is 12.2. The van der Waals surface area contributed by atoms with Crippen LogP contribution in [0.15, 0.2) is 18.2 Å². The van der Waals surface area contributed by atoms with Crippen LogP contribution >= 0.6 is 11.3 Å². The summed E-state index contributed by atoms with van der Waals surface area (Å²) in [7, 11) is 4.69. The molecule has 7 nitrogen and oxygen atoms in total. The maximum Gasteiger partial charge on any atom is 0.257 e. The van der Waals surface area contributed by atoms with Gasteiger partial charge < -0.3 is 14.2 Å². The number of nitrogens with one attached hydrogen (secondary N) is 1. The third-order valence-electron chi connectivity index (χ3n) is 2.85. The van der Waals surface area contributed by atoms with Crippen LogP contribution in [0, 0.1) is 0 Å². The first kappa shape index (κ1) is 16.2. The van der Waals surface area contributed by atoms with Crippen LogP contribution in [0.3, 0.4) is 0 Å². The van der Waals surface area contributed by atoms with Crippen LogP contribution in [0.4, 0.5) is 5.13 Å². The van der Waals surface area contributed by atoms with E-state index in [2.05, 4.69) is 15.5 Å². The van der Waals surface area contributed by atoms with Crippen LogP contribution in [-0.4, -0.2) is 44.0 Å². The van der Waals surface area contributed by atoms with Crippen LogP contribution in [0.2, 0.25) is 0 Å². The molecule has 1 heterocycles. The second kappa shape index (κ2) is 7.71. The van der Waals surface area contributed by atoms with Crippen molar-refractivity contribution in [2.75, 3.05) is 33.3 Å². The molecule has 0 aliphatic rings. The maximum atomic E-state index is 12.2. The van der Waals surface area contributed by atoms with E-state index in [4.69, 9.17) is 14.2 Å². The molecule has 2 rings (SSSR count). The second-order valence-electron chi connectivity index (χ2n) is 4.27. The molecule has 118 valence electrons. The van der Waals surface area contributed by atoms with Crippen LogP contribution in [0.5, 0.6) is 11.5 Å². The lowest BCUT2D eigenvalue weighted by Crippen LogP contribution is -2.12. The Hall–Kier alpha value is -2.19. The molecule has 1 aromatic carbocycles. The number of carbonyl (C=O) groups is 1. The van der Waals surface area contributed by atoms with Gasteiger partial charge in [-0.1, -0.05) is 11.3 Å². The van der Waals surface area contributed by atoms with Crippen molar-refractivity contribution in [3.8, 4) is 11.5 Å². The van der Waals surface area contributed by atoms with Crippen molar-refractivity contribution in [2.45, 2.75) is 6.42 Å². The molecule has 0 fully saturated rings. The summed E-state index contributed by atoms with van der Waals surface area (Å²) in [6, 6.07) is 4.95. The lowest BCUT2D eigenvalue weighted by atomic mass is 10.2. The topological polar surface area (TPSA) is 82.6 Å². The van der Waals surface area contributed by atoms with Crippen molar-refractivity contribution in [3.63, 3.8) is 0 Å². The molecule has 0 aliphatic carbocycles. The Bertz CT molecular complexity index is 645. The predicted molar refractivity (Wildman–Crippen MR) is 83.0 cm³/mol. The zero-order chi connectivity index (χ0) is 15.9. The molecular weight excluding hydrogens is 306 g/mol. The second-order valence-corrected chi connectivity index (χ2v) is 5.33. The number of nitrogens with zero attached hydrogens (tertiary/aromatic N) is 2. The minimum Gasteiger partial charge on any atom is -0.493 e. The van der Waals surface area contributed by atoms with Gasteiger partial charge in [-0.2, -0.15) is 0 Å². The average Bonchev–Trinajstić information content (AvgIpc) is 2.99. The number of carbonyl (C=O) groups excluding carboxylic acids is 1. The minimum atomic E-state index is -0.282. The third kappa shape index (κ3) is 3.92. The monoisotopic (exact) mass is 323 g/mol.